The number of nitrogens with zero attached hydrogens (tertiary/aromatic N) is 1. The summed E-state index contributed by atoms with van der Waals surface area (Å²) in [6.45, 7) is 2.78. The van der Waals surface area contributed by atoms with Crippen LogP contribution in [0.15, 0.2) is 30.5 Å². The molecule has 0 spiro atoms. The van der Waals surface area contributed by atoms with Crippen LogP contribution in [-0.4, -0.2) is 16.8 Å². The molecule has 1 aliphatic heterocycles. The van der Waals surface area contributed by atoms with Gasteiger partial charge in [0.15, 0.2) is 0 Å². The van der Waals surface area contributed by atoms with Gasteiger partial charge in [-0.2, -0.15) is 26.3 Å². The fourth-order valence-corrected chi connectivity index (χ4v) is 3.55. The predicted octanol–water partition coefficient (Wildman–Crippen LogP) is 4.38. The van der Waals surface area contributed by atoms with Crippen LogP contribution in [0.3, 0.4) is 0 Å². The van der Waals surface area contributed by atoms with Crippen molar-refractivity contribution in [2.75, 3.05) is 0 Å². The van der Waals surface area contributed by atoms with Crippen molar-refractivity contribution in [1.29, 1.82) is 0 Å². The van der Waals surface area contributed by atoms with Crippen LogP contribution in [0.2, 0.25) is 0 Å². The van der Waals surface area contributed by atoms with Gasteiger partial charge in [0, 0.05) is 42.2 Å². The summed E-state index contributed by atoms with van der Waals surface area (Å²) in [5, 5.41) is 7.33. The van der Waals surface area contributed by atoms with Crippen LogP contribution in [0.4, 0.5) is 30.7 Å². The molecule has 1 aromatic carbocycles. The zero-order valence-corrected chi connectivity index (χ0v) is 18.4. The van der Waals surface area contributed by atoms with Gasteiger partial charge in [0.2, 0.25) is 11.8 Å². The van der Waals surface area contributed by atoms with Crippen molar-refractivity contribution in [1.82, 2.24) is 20.9 Å². The van der Waals surface area contributed by atoms with Crippen LogP contribution in [0, 0.1) is 11.7 Å². The van der Waals surface area contributed by atoms with E-state index >= 15 is 4.39 Å². The first-order chi connectivity index (χ1) is 16.2. The van der Waals surface area contributed by atoms with E-state index in [1.807, 2.05) is 0 Å². The zero-order valence-electron chi connectivity index (χ0n) is 18.4. The molecule has 1 saturated heterocycles. The number of alkyl halides is 6. The highest BCUT2D eigenvalue weighted by molar-refractivity contribution is 5.78. The van der Waals surface area contributed by atoms with Gasteiger partial charge in [-0.05, 0) is 17.7 Å². The molecule has 35 heavy (non-hydrogen) atoms. The number of aromatic nitrogens is 1. The largest absolute Gasteiger partial charge is 0.433 e. The Labute approximate surface area is 195 Å². The molecule has 1 aliphatic rings. The zero-order chi connectivity index (χ0) is 26.1. The number of hydrogen-bond acceptors (Lipinski definition) is 4. The summed E-state index contributed by atoms with van der Waals surface area (Å²) >= 11 is 0. The number of nitrogens with one attached hydrogen (secondary N) is 3. The van der Waals surface area contributed by atoms with E-state index in [0.717, 1.165) is 18.3 Å². The number of amides is 2. The molecule has 0 aliphatic carbocycles. The lowest BCUT2D eigenvalue weighted by atomic mass is 9.95. The third-order valence-corrected chi connectivity index (χ3v) is 5.37. The second-order valence-electron chi connectivity index (χ2n) is 8.27. The Morgan fingerprint density at radius 3 is 2.34 bits per heavy atom. The van der Waals surface area contributed by atoms with Crippen LogP contribution in [0.5, 0.6) is 0 Å². The van der Waals surface area contributed by atoms with Crippen molar-refractivity contribution in [3.63, 3.8) is 0 Å². The number of pyridine rings is 1. The maximum Gasteiger partial charge on any atom is 0.433 e. The minimum absolute atomic E-state index is 0.104. The van der Waals surface area contributed by atoms with Crippen molar-refractivity contribution >= 4 is 11.8 Å². The number of benzene rings is 1. The fourth-order valence-electron chi connectivity index (χ4n) is 3.55. The van der Waals surface area contributed by atoms with Gasteiger partial charge in [0.25, 0.3) is 0 Å². The van der Waals surface area contributed by atoms with E-state index in [9.17, 15) is 35.9 Å². The van der Waals surface area contributed by atoms with Crippen LogP contribution in [0.1, 0.15) is 60.4 Å². The molecule has 0 bridgehead atoms. The number of carbonyl (C=O) groups is 2. The summed E-state index contributed by atoms with van der Waals surface area (Å²) in [6, 6.07) is 2.23. The Morgan fingerprint density at radius 2 is 1.80 bits per heavy atom. The first-order valence-corrected chi connectivity index (χ1v) is 10.4. The molecule has 0 saturated carbocycles. The monoisotopic (exact) mass is 506 g/mol. The first kappa shape index (κ1) is 26.4. The molecular weight excluding hydrogens is 485 g/mol. The lowest BCUT2D eigenvalue weighted by molar-refractivity contribution is -0.141. The van der Waals surface area contributed by atoms with E-state index < -0.39 is 64.9 Å². The lowest BCUT2D eigenvalue weighted by Gasteiger charge is -2.34. The van der Waals surface area contributed by atoms with E-state index in [4.69, 9.17) is 0 Å². The second-order valence-corrected chi connectivity index (χ2v) is 8.27. The van der Waals surface area contributed by atoms with Gasteiger partial charge in [0.05, 0.1) is 5.56 Å². The van der Waals surface area contributed by atoms with Crippen LogP contribution < -0.4 is 16.0 Å². The smallest absolute Gasteiger partial charge is 0.352 e. The van der Waals surface area contributed by atoms with Gasteiger partial charge < -0.3 is 10.6 Å². The fraction of sp³-hybridized carbons (Fsp3) is 0.409. The number of halogens is 7. The molecule has 13 heteroatoms. The molecule has 2 heterocycles. The van der Waals surface area contributed by atoms with Crippen molar-refractivity contribution in [2.24, 2.45) is 5.92 Å². The van der Waals surface area contributed by atoms with Crippen LogP contribution in [0.25, 0.3) is 0 Å². The number of hydrogen-bond donors (Lipinski definition) is 3. The van der Waals surface area contributed by atoms with Crippen molar-refractivity contribution in [3.05, 3.63) is 64.2 Å². The van der Waals surface area contributed by atoms with E-state index in [1.165, 1.54) is 0 Å². The highest BCUT2D eigenvalue weighted by Crippen LogP contribution is 2.38. The molecule has 0 radical (unpaired) electrons. The molecule has 1 fully saturated rings. The maximum absolute atomic E-state index is 15.4. The van der Waals surface area contributed by atoms with Crippen molar-refractivity contribution in [2.45, 2.75) is 51.4 Å². The SMILES string of the molecule is CC(C)C(=O)NCc1ccc(C(F)(F)F)c(C2NC(=O)CC(c3ccc(C(F)(F)F)nc3)N2)c1F. The molecule has 1 aromatic heterocycles. The summed E-state index contributed by atoms with van der Waals surface area (Å²) in [5.74, 6) is -2.91. The number of carbonyl (C=O) groups excluding carboxylic acids is 2. The molecule has 2 aromatic rings. The Hall–Kier alpha value is -3.22. The Bertz CT molecular complexity index is 1100. The lowest BCUT2D eigenvalue weighted by Crippen LogP contribution is -2.47. The average molecular weight is 506 g/mol. The molecule has 2 amide bonds. The summed E-state index contributed by atoms with van der Waals surface area (Å²) in [4.78, 5) is 27.4. The standard InChI is InChI=1S/C22H21F7N4O2/c1-10(2)20(35)31-9-12-3-5-13(21(24,25)26)17(18(12)23)19-32-14(7-16(34)33-19)11-4-6-15(30-8-11)22(27,28)29/h3-6,8,10,14,19,32H,7,9H2,1-2H3,(H,31,35)(H,33,34). The summed E-state index contributed by atoms with van der Waals surface area (Å²) < 4.78 is 94.9. The van der Waals surface area contributed by atoms with E-state index in [-0.39, 0.29) is 24.1 Å². The molecule has 6 nitrogen and oxygen atoms in total. The highest BCUT2D eigenvalue weighted by Gasteiger charge is 2.40. The molecule has 190 valence electrons. The predicted molar refractivity (Wildman–Crippen MR) is 109 cm³/mol. The Kier molecular flexibility index (Phi) is 7.39. The second kappa shape index (κ2) is 9.80. The minimum atomic E-state index is -4.98. The first-order valence-electron chi connectivity index (χ1n) is 10.4. The third-order valence-electron chi connectivity index (χ3n) is 5.37. The molecular formula is C22H21F7N4O2. The van der Waals surface area contributed by atoms with Crippen LogP contribution >= 0.6 is 0 Å². The normalized spacial score (nSPS) is 19.0. The van der Waals surface area contributed by atoms with Gasteiger partial charge in [-0.25, -0.2) is 4.39 Å². The highest BCUT2D eigenvalue weighted by atomic mass is 19.4. The van der Waals surface area contributed by atoms with Crippen molar-refractivity contribution < 1.29 is 40.3 Å². The Morgan fingerprint density at radius 1 is 1.11 bits per heavy atom. The maximum atomic E-state index is 15.4. The van der Waals surface area contributed by atoms with Gasteiger partial charge in [0.1, 0.15) is 17.7 Å². The molecule has 3 rings (SSSR count). The minimum Gasteiger partial charge on any atom is -0.352 e. The van der Waals surface area contributed by atoms with Gasteiger partial charge in [-0.3, -0.25) is 19.9 Å². The topological polar surface area (TPSA) is 83.1 Å². The summed E-state index contributed by atoms with van der Waals surface area (Å²) in [6.07, 6.45) is -10.8. The molecule has 3 N–H and O–H groups in total. The van der Waals surface area contributed by atoms with Gasteiger partial charge in [-0.1, -0.05) is 26.0 Å². The number of rotatable bonds is 5. The van der Waals surface area contributed by atoms with Gasteiger partial charge in [-0.15, -0.1) is 0 Å². The average Bonchev–Trinajstić information content (AvgIpc) is 2.76. The molecule has 2 unspecified atom stereocenters. The summed E-state index contributed by atoms with van der Waals surface area (Å²) in [5.41, 5.74) is -3.56. The van der Waals surface area contributed by atoms with Gasteiger partial charge >= 0.3 is 12.4 Å². The van der Waals surface area contributed by atoms with E-state index in [1.54, 1.807) is 13.8 Å². The Balaban J connectivity index is 1.97. The van der Waals surface area contributed by atoms with Crippen LogP contribution in [-0.2, 0) is 28.5 Å². The quantitative estimate of drug-likeness (QED) is 0.526. The van der Waals surface area contributed by atoms with Crippen molar-refractivity contribution in [3.8, 4) is 0 Å². The summed E-state index contributed by atoms with van der Waals surface area (Å²) in [7, 11) is 0. The third kappa shape index (κ3) is 6.08. The van der Waals surface area contributed by atoms with E-state index in [0.29, 0.717) is 12.1 Å². The molecule has 2 atom stereocenters. The van der Waals surface area contributed by atoms with E-state index in [2.05, 4.69) is 20.9 Å².